The molecule has 1 fully saturated rings. The van der Waals surface area contributed by atoms with Gasteiger partial charge >= 0.3 is 5.56 Å². The quantitative estimate of drug-likeness (QED) is 0.460. The lowest BCUT2D eigenvalue weighted by Gasteiger charge is -2.34. The number of carbonyl (C=O) groups excluding carboxylic acids is 2. The maximum absolute atomic E-state index is 13.5. The van der Waals surface area contributed by atoms with Gasteiger partial charge in [-0.15, -0.1) is 0 Å². The first-order valence-electron chi connectivity index (χ1n) is 12.1. The van der Waals surface area contributed by atoms with Gasteiger partial charge in [0, 0.05) is 38.6 Å². The molecule has 2 aliphatic heterocycles. The van der Waals surface area contributed by atoms with Crippen molar-refractivity contribution in [1.82, 2.24) is 24.3 Å². The van der Waals surface area contributed by atoms with Crippen molar-refractivity contribution < 1.29 is 23.1 Å². The lowest BCUT2D eigenvalue weighted by atomic mass is 10.1. The van der Waals surface area contributed by atoms with Crippen LogP contribution in [0, 0.1) is 0 Å². The average Bonchev–Trinajstić information content (AvgIpc) is 3.40. The van der Waals surface area contributed by atoms with Crippen LogP contribution in [0.5, 0.6) is 5.75 Å². The van der Waals surface area contributed by atoms with Crippen LogP contribution in [0.4, 0.5) is 0 Å². The van der Waals surface area contributed by atoms with Crippen LogP contribution in [0.1, 0.15) is 45.6 Å². The number of nitrogens with zero attached hydrogens (tertiary/aromatic N) is 5. The number of sulfone groups is 1. The van der Waals surface area contributed by atoms with Crippen LogP contribution in [0.15, 0.2) is 52.4 Å². The van der Waals surface area contributed by atoms with E-state index in [9.17, 15) is 27.9 Å². The molecule has 1 N–H and O–H groups in total. The number of benzene rings is 1. The minimum atomic E-state index is -3.72. The second-order valence-corrected chi connectivity index (χ2v) is 12.1. The van der Waals surface area contributed by atoms with Crippen molar-refractivity contribution in [2.75, 3.05) is 25.4 Å². The van der Waals surface area contributed by atoms with Gasteiger partial charge in [-0.2, -0.15) is 4.98 Å². The third-order valence-corrected chi connectivity index (χ3v) is 9.19. The fourth-order valence-corrected chi connectivity index (χ4v) is 6.71. The fraction of sp³-hybridized carbons (Fsp3) is 0.320. The van der Waals surface area contributed by atoms with Crippen LogP contribution >= 0.6 is 23.2 Å². The second kappa shape index (κ2) is 10.6. The van der Waals surface area contributed by atoms with Crippen molar-refractivity contribution in [2.24, 2.45) is 0 Å². The van der Waals surface area contributed by atoms with Gasteiger partial charge in [-0.05, 0) is 37.1 Å². The van der Waals surface area contributed by atoms with E-state index in [4.69, 9.17) is 23.2 Å². The first-order valence-corrected chi connectivity index (χ1v) is 14.5. The van der Waals surface area contributed by atoms with Gasteiger partial charge in [0.1, 0.15) is 5.82 Å². The molecule has 14 heteroatoms. The van der Waals surface area contributed by atoms with Gasteiger partial charge in [-0.1, -0.05) is 29.3 Å². The number of carbonyl (C=O) groups is 2. The van der Waals surface area contributed by atoms with Crippen LogP contribution in [0.25, 0.3) is 0 Å². The minimum absolute atomic E-state index is 0.0324. The number of likely N-dealkylation sites (tertiary alicyclic amines) is 1. The number of aromatic hydroxyl groups is 1. The molecule has 0 spiro atoms. The molecule has 0 saturated carbocycles. The molecule has 1 aromatic carbocycles. The molecule has 0 aliphatic carbocycles. The highest BCUT2D eigenvalue weighted by Gasteiger charge is 2.39. The molecule has 2 amide bonds. The summed E-state index contributed by atoms with van der Waals surface area (Å²) in [5, 5.41) is 10.9. The van der Waals surface area contributed by atoms with E-state index in [1.807, 2.05) is 0 Å². The number of hydrogen-bond donors (Lipinski definition) is 1. The van der Waals surface area contributed by atoms with Crippen molar-refractivity contribution in [3.05, 3.63) is 80.2 Å². The van der Waals surface area contributed by atoms with Crippen molar-refractivity contribution in [2.45, 2.75) is 30.3 Å². The van der Waals surface area contributed by atoms with E-state index < -0.39 is 39.0 Å². The Bertz CT molecular complexity index is 1610. The molecular weight excluding hydrogens is 569 g/mol. The zero-order valence-electron chi connectivity index (χ0n) is 20.5. The highest BCUT2D eigenvalue weighted by molar-refractivity contribution is 7.91. The molecule has 2 aromatic heterocycles. The smallest absolute Gasteiger partial charge is 0.315 e. The Morgan fingerprint density at radius 2 is 1.82 bits per heavy atom. The van der Waals surface area contributed by atoms with E-state index in [0.717, 1.165) is 0 Å². The first kappa shape index (κ1) is 27.1. The van der Waals surface area contributed by atoms with Crippen LogP contribution in [-0.2, 0) is 16.4 Å². The minimum Gasteiger partial charge on any atom is -0.501 e. The molecule has 0 bridgehead atoms. The normalized spacial score (nSPS) is 17.4. The number of pyridine rings is 1. The van der Waals surface area contributed by atoms with E-state index in [-0.39, 0.29) is 57.4 Å². The molecule has 0 unspecified atom stereocenters. The maximum Gasteiger partial charge on any atom is 0.315 e. The molecule has 0 radical (unpaired) electrons. The van der Waals surface area contributed by atoms with Crippen molar-refractivity contribution >= 4 is 44.9 Å². The third-order valence-electron chi connectivity index (χ3n) is 6.88. The molecule has 1 saturated heterocycles. The summed E-state index contributed by atoms with van der Waals surface area (Å²) in [6, 6.07) is 6.99. The summed E-state index contributed by atoms with van der Waals surface area (Å²) < 4.78 is 26.8. The standard InChI is InChI=1S/C25H23Cl2N5O6S/c26-16-5-1-6-17(27)19(16)24(35)31-9-3-7-18(31)22-29-23(34)21(33)20-25(36)30(10-11-32(20)22)12-13-39(37,38)15-4-2-8-28-14-15/h1-2,4-6,8,14,18,33H,3,7,9-13H2/t18-/m0/s1. The molecule has 1 atom stereocenters. The lowest BCUT2D eigenvalue weighted by molar-refractivity contribution is 0.0689. The Kier molecular flexibility index (Phi) is 7.36. The Hall–Kier alpha value is -3.48. The van der Waals surface area contributed by atoms with Crippen molar-refractivity contribution in [3.8, 4) is 5.75 Å². The highest BCUT2D eigenvalue weighted by Crippen LogP contribution is 2.36. The number of aromatic nitrogens is 3. The summed E-state index contributed by atoms with van der Waals surface area (Å²) in [4.78, 5) is 50.2. The predicted molar refractivity (Wildman–Crippen MR) is 142 cm³/mol. The van der Waals surface area contributed by atoms with Crippen LogP contribution in [-0.4, -0.2) is 75.1 Å². The van der Waals surface area contributed by atoms with Gasteiger partial charge < -0.3 is 19.5 Å². The zero-order chi connectivity index (χ0) is 27.9. The van der Waals surface area contributed by atoms with E-state index in [1.165, 1.54) is 38.9 Å². The zero-order valence-corrected chi connectivity index (χ0v) is 22.8. The lowest BCUT2D eigenvalue weighted by Crippen LogP contribution is -2.46. The van der Waals surface area contributed by atoms with Gasteiger partial charge in [0.15, 0.2) is 15.5 Å². The highest BCUT2D eigenvalue weighted by atomic mass is 35.5. The van der Waals surface area contributed by atoms with Crippen LogP contribution < -0.4 is 5.56 Å². The molecule has 39 heavy (non-hydrogen) atoms. The largest absolute Gasteiger partial charge is 0.501 e. The van der Waals surface area contributed by atoms with Gasteiger partial charge in [0.2, 0.25) is 5.75 Å². The summed E-state index contributed by atoms with van der Waals surface area (Å²) in [6.07, 6.45) is 3.76. The van der Waals surface area contributed by atoms with Crippen LogP contribution in [0.2, 0.25) is 10.0 Å². The Balaban J connectivity index is 1.45. The molecular formula is C25H23Cl2N5O6S. The average molecular weight is 592 g/mol. The van der Waals surface area contributed by atoms with Gasteiger partial charge in [-0.3, -0.25) is 19.4 Å². The third kappa shape index (κ3) is 4.99. The van der Waals surface area contributed by atoms with E-state index >= 15 is 0 Å². The molecule has 4 heterocycles. The van der Waals surface area contributed by atoms with Gasteiger partial charge in [0.25, 0.3) is 11.8 Å². The van der Waals surface area contributed by atoms with Gasteiger partial charge in [0.05, 0.1) is 32.3 Å². The summed E-state index contributed by atoms with van der Waals surface area (Å²) in [5.74, 6) is -2.16. The molecule has 5 rings (SSSR count). The summed E-state index contributed by atoms with van der Waals surface area (Å²) in [6.45, 7) is 0.446. The molecule has 3 aromatic rings. The summed E-state index contributed by atoms with van der Waals surface area (Å²) in [7, 11) is -3.72. The van der Waals surface area contributed by atoms with Crippen molar-refractivity contribution in [1.29, 1.82) is 0 Å². The predicted octanol–water partition coefficient (Wildman–Crippen LogP) is 2.56. The van der Waals surface area contributed by atoms with Gasteiger partial charge in [-0.25, -0.2) is 8.42 Å². The Morgan fingerprint density at radius 1 is 1.08 bits per heavy atom. The molecule has 11 nitrogen and oxygen atoms in total. The number of rotatable bonds is 6. The number of halogens is 2. The maximum atomic E-state index is 13.5. The van der Waals surface area contributed by atoms with E-state index in [0.29, 0.717) is 19.4 Å². The Labute approximate surface area is 233 Å². The van der Waals surface area contributed by atoms with Crippen molar-refractivity contribution in [3.63, 3.8) is 0 Å². The van der Waals surface area contributed by atoms with E-state index in [1.54, 1.807) is 18.2 Å². The topological polar surface area (TPSA) is 143 Å². The van der Waals surface area contributed by atoms with Crippen LogP contribution in [0.3, 0.4) is 0 Å². The number of amides is 2. The molecule has 2 aliphatic rings. The number of fused-ring (bicyclic) bond motifs is 1. The molecule has 204 valence electrons. The Morgan fingerprint density at radius 3 is 2.51 bits per heavy atom. The summed E-state index contributed by atoms with van der Waals surface area (Å²) in [5.41, 5.74) is -1.17. The second-order valence-electron chi connectivity index (χ2n) is 9.18. The summed E-state index contributed by atoms with van der Waals surface area (Å²) >= 11 is 12.5. The SMILES string of the molecule is O=C1c2c(O)c(=O)nc([C@@H]3CCCN3C(=O)c3c(Cl)cccc3Cl)n2CCN1CCS(=O)(=O)c1cccnc1. The van der Waals surface area contributed by atoms with E-state index in [2.05, 4.69) is 9.97 Å². The fourth-order valence-electron chi connectivity index (χ4n) is 4.95. The number of hydrogen-bond acceptors (Lipinski definition) is 8. The monoisotopic (exact) mass is 591 g/mol. The first-order chi connectivity index (χ1) is 18.6.